The van der Waals surface area contributed by atoms with Crippen molar-refractivity contribution in [1.82, 2.24) is 5.32 Å². The van der Waals surface area contributed by atoms with Crippen LogP contribution in [0.15, 0.2) is 36.5 Å². The highest BCUT2D eigenvalue weighted by atomic mass is 16.8. The summed E-state index contributed by atoms with van der Waals surface area (Å²) >= 11 is 0. The Labute approximate surface area is 581 Å². The van der Waals surface area contributed by atoms with Crippen molar-refractivity contribution in [2.75, 3.05) is 26.4 Å². The van der Waals surface area contributed by atoms with Gasteiger partial charge >= 0.3 is 0 Å². The summed E-state index contributed by atoms with van der Waals surface area (Å²) in [5.41, 5.74) is 0. The zero-order valence-electron chi connectivity index (χ0n) is 60.1. The Bertz CT molecular complexity index is 1880. The largest absolute Gasteiger partial charge is 0.394 e. The van der Waals surface area contributed by atoms with Crippen LogP contribution in [0, 0.1) is 0 Å². The first kappa shape index (κ1) is 88.2. The first-order valence-corrected chi connectivity index (χ1v) is 39.2. The monoisotopic (exact) mass is 1370 g/mol. The zero-order valence-corrected chi connectivity index (χ0v) is 60.1. The van der Waals surface area contributed by atoms with Crippen molar-refractivity contribution < 1.29 is 89.4 Å². The zero-order chi connectivity index (χ0) is 69.6. The lowest BCUT2D eigenvalue weighted by Crippen LogP contribution is -2.66. The van der Waals surface area contributed by atoms with Crippen molar-refractivity contribution in [1.29, 1.82) is 0 Å². The van der Waals surface area contributed by atoms with Crippen molar-refractivity contribution in [3.8, 4) is 0 Å². The fraction of sp³-hybridized carbons (Fsp3) is 0.909. The fourth-order valence-electron chi connectivity index (χ4n) is 13.3. The van der Waals surface area contributed by atoms with Crippen LogP contribution in [0.5, 0.6) is 0 Å². The third-order valence-corrected chi connectivity index (χ3v) is 19.7. The summed E-state index contributed by atoms with van der Waals surface area (Å²) in [6.07, 6.45) is 44.2. The van der Waals surface area contributed by atoms with E-state index in [1.54, 1.807) is 6.08 Å². The van der Waals surface area contributed by atoms with Crippen molar-refractivity contribution in [3.05, 3.63) is 36.5 Å². The number of allylic oxidation sites excluding steroid dienone is 5. The Hall–Kier alpha value is -1.99. The summed E-state index contributed by atoms with van der Waals surface area (Å²) in [5.74, 6) is -0.283. The number of aliphatic hydroxyl groups is 11. The molecule has 3 saturated heterocycles. The van der Waals surface area contributed by atoms with Gasteiger partial charge in [0.05, 0.1) is 38.6 Å². The molecule has 17 atom stereocenters. The average Bonchev–Trinajstić information content (AvgIpc) is 0.787. The van der Waals surface area contributed by atoms with Gasteiger partial charge in [-0.2, -0.15) is 0 Å². The van der Waals surface area contributed by atoms with E-state index in [0.29, 0.717) is 12.8 Å². The molecule has 0 aromatic rings. The van der Waals surface area contributed by atoms with Gasteiger partial charge in [0.2, 0.25) is 5.91 Å². The van der Waals surface area contributed by atoms with Crippen molar-refractivity contribution in [2.45, 2.75) is 420 Å². The summed E-state index contributed by atoms with van der Waals surface area (Å²) < 4.78 is 34.4. The topological polar surface area (TPSA) is 307 Å². The number of amides is 1. The molecule has 0 aromatic heterocycles. The Morgan fingerprint density at radius 3 is 1.04 bits per heavy atom. The van der Waals surface area contributed by atoms with E-state index in [-0.39, 0.29) is 18.9 Å². The first-order chi connectivity index (χ1) is 46.8. The van der Waals surface area contributed by atoms with E-state index in [1.165, 1.54) is 238 Å². The van der Waals surface area contributed by atoms with E-state index >= 15 is 0 Å². The van der Waals surface area contributed by atoms with E-state index < -0.39 is 124 Å². The molecule has 3 heterocycles. The molecule has 19 heteroatoms. The van der Waals surface area contributed by atoms with E-state index in [4.69, 9.17) is 28.4 Å². The second-order valence-electron chi connectivity index (χ2n) is 28.2. The number of unbranched alkanes of at least 4 members (excludes halogenated alkanes) is 42. The van der Waals surface area contributed by atoms with Crippen molar-refractivity contribution in [2.24, 2.45) is 0 Å². The summed E-state index contributed by atoms with van der Waals surface area (Å²) in [4.78, 5) is 13.5. The van der Waals surface area contributed by atoms with Crippen LogP contribution in [0.1, 0.15) is 316 Å². The molecule has 0 spiro atoms. The van der Waals surface area contributed by atoms with Crippen LogP contribution in [0.2, 0.25) is 0 Å². The number of ether oxygens (including phenoxy) is 6. The van der Waals surface area contributed by atoms with Gasteiger partial charge in [0, 0.05) is 6.42 Å². The lowest BCUT2D eigenvalue weighted by molar-refractivity contribution is -0.379. The molecular formula is C77H143NO18. The van der Waals surface area contributed by atoms with Crippen LogP contribution in [-0.4, -0.2) is 193 Å². The highest BCUT2D eigenvalue weighted by Gasteiger charge is 2.53. The molecule has 3 fully saturated rings. The Morgan fingerprint density at radius 2 is 0.667 bits per heavy atom. The Morgan fingerprint density at radius 1 is 0.365 bits per heavy atom. The van der Waals surface area contributed by atoms with Gasteiger partial charge in [-0.25, -0.2) is 0 Å². The maximum absolute atomic E-state index is 13.5. The molecule has 0 bridgehead atoms. The molecule has 0 saturated carbocycles. The SMILES string of the molecule is CCCCCCCCCCCCCCCC/C=C/CC/C=C/CC/C=C/C(O)C(COC1OC(CO)C(OC2OC(CO)C(OC3OC(CO)C(O)C(O)C3O)C(O)C2O)C(O)C1O)NC(=O)CCCCCCCCCCCCCCCCCCCCCCCCCCCCC. The smallest absolute Gasteiger partial charge is 0.220 e. The van der Waals surface area contributed by atoms with E-state index in [0.717, 1.165) is 44.9 Å². The number of carbonyl (C=O) groups excluding carboxylic acids is 1. The van der Waals surface area contributed by atoms with Gasteiger partial charge in [-0.05, 0) is 44.9 Å². The van der Waals surface area contributed by atoms with Gasteiger partial charge in [-0.3, -0.25) is 4.79 Å². The van der Waals surface area contributed by atoms with Gasteiger partial charge in [-0.1, -0.05) is 301 Å². The highest BCUT2D eigenvalue weighted by Crippen LogP contribution is 2.33. The summed E-state index contributed by atoms with van der Waals surface area (Å²) in [5, 5.41) is 121. The number of rotatable bonds is 62. The predicted molar refractivity (Wildman–Crippen MR) is 379 cm³/mol. The molecule has 19 nitrogen and oxygen atoms in total. The maximum Gasteiger partial charge on any atom is 0.220 e. The molecule has 12 N–H and O–H groups in total. The molecule has 0 radical (unpaired) electrons. The van der Waals surface area contributed by atoms with Crippen LogP contribution in [0.3, 0.4) is 0 Å². The van der Waals surface area contributed by atoms with E-state index in [2.05, 4.69) is 43.5 Å². The number of aliphatic hydroxyl groups excluding tert-OH is 11. The average molecular weight is 1370 g/mol. The molecule has 564 valence electrons. The van der Waals surface area contributed by atoms with Gasteiger partial charge < -0.3 is 89.9 Å². The minimum Gasteiger partial charge on any atom is -0.394 e. The second kappa shape index (κ2) is 58.5. The molecule has 0 aromatic carbocycles. The maximum atomic E-state index is 13.5. The second-order valence-corrected chi connectivity index (χ2v) is 28.2. The van der Waals surface area contributed by atoms with Crippen molar-refractivity contribution >= 4 is 5.91 Å². The van der Waals surface area contributed by atoms with Gasteiger partial charge in [-0.15, -0.1) is 0 Å². The molecule has 3 aliphatic heterocycles. The summed E-state index contributed by atoms with van der Waals surface area (Å²) in [6, 6.07) is -0.995. The molecule has 1 amide bonds. The van der Waals surface area contributed by atoms with Crippen LogP contribution in [0.25, 0.3) is 0 Å². The minimum atomic E-state index is -1.98. The number of carbonyl (C=O) groups is 1. The molecule has 17 unspecified atom stereocenters. The number of hydrogen-bond donors (Lipinski definition) is 12. The van der Waals surface area contributed by atoms with Gasteiger partial charge in [0.15, 0.2) is 18.9 Å². The van der Waals surface area contributed by atoms with Crippen LogP contribution in [0.4, 0.5) is 0 Å². The van der Waals surface area contributed by atoms with Crippen LogP contribution >= 0.6 is 0 Å². The van der Waals surface area contributed by atoms with E-state index in [1.807, 2.05) is 6.08 Å². The fourth-order valence-corrected chi connectivity index (χ4v) is 13.3. The molecule has 96 heavy (non-hydrogen) atoms. The van der Waals surface area contributed by atoms with Crippen LogP contribution < -0.4 is 5.32 Å². The molecule has 3 aliphatic rings. The van der Waals surface area contributed by atoms with Crippen LogP contribution in [-0.2, 0) is 33.2 Å². The normalized spacial score (nSPS) is 27.2. The van der Waals surface area contributed by atoms with E-state index in [9.17, 15) is 61.0 Å². The first-order valence-electron chi connectivity index (χ1n) is 39.2. The quantitative estimate of drug-likeness (QED) is 0.0199. The molecule has 0 aliphatic carbocycles. The number of nitrogens with one attached hydrogen (secondary N) is 1. The molecule has 3 rings (SSSR count). The van der Waals surface area contributed by atoms with Crippen molar-refractivity contribution in [3.63, 3.8) is 0 Å². The lowest BCUT2D eigenvalue weighted by Gasteiger charge is -2.48. The number of hydrogen-bond acceptors (Lipinski definition) is 18. The standard InChI is InChI=1S/C77H143NO18/c1-3-5-7-9-11-13-15-17-19-21-23-25-27-29-30-31-33-35-37-39-41-43-45-47-49-51-53-55-65(83)78-60(61(82)54-52-50-48-46-44-42-40-38-36-34-32-28-26-24-22-20-18-16-14-12-10-8-6-4-2)59-91-75-71(89)68(86)73(63(57-80)93-75)96-77-72(90)69(87)74(64(58-81)94-77)95-76-70(88)67(85)66(84)62(56-79)92-76/h36,38,44,46,52,54,60-64,66-77,79-82,84-90H,3-35,37,39-43,45,47-51,53,55-59H2,1-2H3,(H,78,83)/b38-36+,46-44+,54-52+. The Balaban J connectivity index is 1.40. The third-order valence-electron chi connectivity index (χ3n) is 19.7. The summed E-state index contributed by atoms with van der Waals surface area (Å²) in [6.45, 7) is 1.76. The predicted octanol–water partition coefficient (Wildman–Crippen LogP) is 12.3. The molecular weight excluding hydrogens is 1230 g/mol. The third kappa shape index (κ3) is 38.9. The minimum absolute atomic E-state index is 0.236. The lowest BCUT2D eigenvalue weighted by atomic mass is 9.96. The van der Waals surface area contributed by atoms with Gasteiger partial charge in [0.25, 0.3) is 0 Å². The summed E-state index contributed by atoms with van der Waals surface area (Å²) in [7, 11) is 0. The highest BCUT2D eigenvalue weighted by molar-refractivity contribution is 5.76. The Kier molecular flexibility index (Phi) is 53.8. The van der Waals surface area contributed by atoms with Gasteiger partial charge in [0.1, 0.15) is 73.2 Å².